The Bertz CT molecular complexity index is 983. The van der Waals surface area contributed by atoms with E-state index < -0.39 is 12.1 Å². The van der Waals surface area contributed by atoms with Gasteiger partial charge in [0.25, 0.3) is 0 Å². The minimum atomic E-state index is -0.857. The summed E-state index contributed by atoms with van der Waals surface area (Å²) >= 11 is 0. The smallest absolute Gasteiger partial charge is 0.493 e. The molecule has 1 aliphatic rings. The van der Waals surface area contributed by atoms with Crippen molar-refractivity contribution in [3.05, 3.63) is 53.2 Å². The van der Waals surface area contributed by atoms with Crippen molar-refractivity contribution in [2.24, 2.45) is 0 Å². The number of dihydropyridines is 1. The van der Waals surface area contributed by atoms with Crippen LogP contribution >= 0.6 is 0 Å². The van der Waals surface area contributed by atoms with Gasteiger partial charge in [0.1, 0.15) is 12.4 Å². The summed E-state index contributed by atoms with van der Waals surface area (Å²) in [6.45, 7) is 3.99. The number of allylic oxidation sites excluding steroid dienone is 3. The van der Waals surface area contributed by atoms with Gasteiger partial charge in [-0.3, -0.25) is 0 Å². The molecule has 10 heteroatoms. The van der Waals surface area contributed by atoms with Gasteiger partial charge in [0.15, 0.2) is 11.5 Å². The lowest BCUT2D eigenvalue weighted by Gasteiger charge is -2.31. The molecule has 0 amide bonds. The predicted octanol–water partition coefficient (Wildman–Crippen LogP) is 3.24. The van der Waals surface area contributed by atoms with Crippen molar-refractivity contribution in [1.29, 1.82) is 0 Å². The Balaban J connectivity index is 2.11. The van der Waals surface area contributed by atoms with E-state index in [9.17, 15) is 4.79 Å². The van der Waals surface area contributed by atoms with Crippen LogP contribution in [0.4, 0.5) is 4.79 Å². The number of benzene rings is 1. The number of carbonyl (C=O) groups is 1. The molecule has 1 unspecified atom stereocenters. The molecule has 1 atom stereocenters. The second-order valence-corrected chi connectivity index (χ2v) is 6.61. The van der Waals surface area contributed by atoms with Crippen molar-refractivity contribution < 1.29 is 32.9 Å². The second kappa shape index (κ2) is 9.98. The Morgan fingerprint density at radius 3 is 2.58 bits per heavy atom. The summed E-state index contributed by atoms with van der Waals surface area (Å²) in [7, 11) is 4.61. The third-order valence-electron chi connectivity index (χ3n) is 4.73. The largest absolute Gasteiger partial charge is 0.513 e. The zero-order chi connectivity index (χ0) is 22.4. The van der Waals surface area contributed by atoms with E-state index in [0.717, 1.165) is 5.70 Å². The molecule has 3 rings (SSSR count). The highest BCUT2D eigenvalue weighted by Gasteiger charge is 2.37. The van der Waals surface area contributed by atoms with E-state index in [1.165, 1.54) is 13.5 Å². The normalized spacial score (nSPS) is 16.1. The molecular weight excluding hydrogens is 406 g/mol. The van der Waals surface area contributed by atoms with Crippen molar-refractivity contribution in [2.45, 2.75) is 19.8 Å². The average molecular weight is 431 g/mol. The first-order chi connectivity index (χ1) is 15.0. The summed E-state index contributed by atoms with van der Waals surface area (Å²) in [5, 5.41) is 11.1. The number of methoxy groups -OCH3 is 3. The first-order valence-corrected chi connectivity index (χ1v) is 9.51. The molecule has 1 N–H and O–H groups in total. The van der Waals surface area contributed by atoms with E-state index in [2.05, 4.69) is 15.5 Å². The Labute approximate surface area is 179 Å². The Kier molecular flexibility index (Phi) is 7.14. The highest BCUT2D eigenvalue weighted by molar-refractivity contribution is 5.77. The highest BCUT2D eigenvalue weighted by Crippen LogP contribution is 2.48. The summed E-state index contributed by atoms with van der Waals surface area (Å²) in [6, 6.07) is 5.46. The van der Waals surface area contributed by atoms with Crippen LogP contribution in [0.25, 0.3) is 5.57 Å². The topological polar surface area (TPSA) is 114 Å². The number of ether oxygens (including phenoxy) is 5. The maximum absolute atomic E-state index is 12.4. The van der Waals surface area contributed by atoms with Crippen LogP contribution in [0.3, 0.4) is 0 Å². The number of nitrogens with zero attached hydrogens (tertiary/aromatic N) is 2. The second-order valence-electron chi connectivity index (χ2n) is 6.61. The van der Waals surface area contributed by atoms with E-state index >= 15 is 0 Å². The van der Waals surface area contributed by atoms with Crippen LogP contribution in [0.1, 0.15) is 31.2 Å². The molecule has 0 aliphatic carbocycles. The predicted molar refractivity (Wildman–Crippen MR) is 109 cm³/mol. The molecule has 0 saturated heterocycles. The van der Waals surface area contributed by atoms with Crippen LogP contribution in [0.5, 0.6) is 11.5 Å². The molecule has 1 aliphatic heterocycles. The third kappa shape index (κ3) is 4.64. The number of rotatable bonds is 8. The summed E-state index contributed by atoms with van der Waals surface area (Å²) in [5.74, 6) is 1.000. The van der Waals surface area contributed by atoms with E-state index in [1.54, 1.807) is 27.2 Å². The van der Waals surface area contributed by atoms with Crippen LogP contribution in [0.15, 0.2) is 46.2 Å². The monoisotopic (exact) mass is 431 g/mol. The van der Waals surface area contributed by atoms with Gasteiger partial charge in [-0.25, -0.2) is 4.79 Å². The number of hydrogen-bond acceptors (Lipinski definition) is 10. The average Bonchev–Trinajstić information content (AvgIpc) is 3.29. The Hall–Kier alpha value is -3.53. The minimum Gasteiger partial charge on any atom is -0.493 e. The van der Waals surface area contributed by atoms with Crippen molar-refractivity contribution in [1.82, 2.24) is 15.5 Å². The van der Waals surface area contributed by atoms with Gasteiger partial charge in [0.05, 0.1) is 38.0 Å². The molecule has 0 saturated carbocycles. The number of aromatic nitrogens is 2. The summed E-state index contributed by atoms with van der Waals surface area (Å²) in [4.78, 5) is 12.4. The van der Waals surface area contributed by atoms with Crippen molar-refractivity contribution in [2.75, 3.05) is 34.5 Å². The van der Waals surface area contributed by atoms with Gasteiger partial charge in [-0.15, -0.1) is 10.2 Å². The molecule has 0 bridgehead atoms. The van der Waals surface area contributed by atoms with Gasteiger partial charge >= 0.3 is 6.16 Å². The molecule has 0 fully saturated rings. The molecule has 1 aromatic heterocycles. The van der Waals surface area contributed by atoms with Gasteiger partial charge in [0, 0.05) is 18.4 Å². The van der Waals surface area contributed by atoms with Crippen molar-refractivity contribution >= 4 is 11.7 Å². The number of carbonyl (C=O) groups excluding carboxylic acids is 1. The summed E-state index contributed by atoms with van der Waals surface area (Å²) in [5.41, 5.74) is 2.71. The zero-order valence-electron chi connectivity index (χ0n) is 18.1. The number of hydrogen-bond donors (Lipinski definition) is 1. The molecule has 10 nitrogen and oxygen atoms in total. The van der Waals surface area contributed by atoms with Crippen LogP contribution in [0.2, 0.25) is 0 Å². The van der Waals surface area contributed by atoms with Gasteiger partial charge < -0.3 is 33.4 Å². The number of nitrogens with one attached hydrogen (secondary N) is 1. The third-order valence-corrected chi connectivity index (χ3v) is 4.73. The molecule has 1 aromatic carbocycles. The lowest BCUT2D eigenvalue weighted by Crippen LogP contribution is -2.27. The molecule has 31 heavy (non-hydrogen) atoms. The van der Waals surface area contributed by atoms with E-state index in [1.807, 2.05) is 19.1 Å². The summed E-state index contributed by atoms with van der Waals surface area (Å²) < 4.78 is 32.2. The van der Waals surface area contributed by atoms with Crippen LogP contribution in [0, 0.1) is 0 Å². The van der Waals surface area contributed by atoms with Crippen molar-refractivity contribution in [3.8, 4) is 11.5 Å². The quantitative estimate of drug-likeness (QED) is 0.493. The van der Waals surface area contributed by atoms with Gasteiger partial charge in [0.2, 0.25) is 12.3 Å². The first kappa shape index (κ1) is 22.2. The fraction of sp³-hybridized carbons (Fsp3) is 0.381. The standard InChI is InChI=1S/C21H25N3O7/c1-12-16(20-24-22-11-30-20)17(14-7-6-8-15(27-4)19(14)28-5)18(13(2)23-12)31-21(25)29-10-9-26-3/h6-8,11,17,23H,9-10H2,1-5H3. The van der Waals surface area contributed by atoms with Crippen LogP contribution < -0.4 is 14.8 Å². The molecular formula is C21H25N3O7. The molecule has 166 valence electrons. The minimum absolute atomic E-state index is 0.0631. The molecule has 0 radical (unpaired) electrons. The fourth-order valence-corrected chi connectivity index (χ4v) is 3.45. The number of para-hydroxylation sites is 1. The first-order valence-electron chi connectivity index (χ1n) is 9.51. The lowest BCUT2D eigenvalue weighted by molar-refractivity contribution is 0.0502. The molecule has 2 heterocycles. The van der Waals surface area contributed by atoms with E-state index in [-0.39, 0.29) is 19.1 Å². The lowest BCUT2D eigenvalue weighted by atomic mass is 9.84. The summed E-state index contributed by atoms with van der Waals surface area (Å²) in [6.07, 6.45) is 0.379. The zero-order valence-corrected chi connectivity index (χ0v) is 18.1. The van der Waals surface area contributed by atoms with E-state index in [0.29, 0.717) is 34.1 Å². The highest BCUT2D eigenvalue weighted by atomic mass is 16.7. The Morgan fingerprint density at radius 2 is 1.94 bits per heavy atom. The van der Waals surface area contributed by atoms with Gasteiger partial charge in [-0.05, 0) is 19.9 Å². The van der Waals surface area contributed by atoms with Crippen LogP contribution in [-0.2, 0) is 14.2 Å². The maximum atomic E-state index is 12.4. The van der Waals surface area contributed by atoms with Gasteiger partial charge in [-0.2, -0.15) is 0 Å². The maximum Gasteiger partial charge on any atom is 0.513 e. The van der Waals surface area contributed by atoms with E-state index in [4.69, 9.17) is 28.1 Å². The molecule has 0 spiro atoms. The van der Waals surface area contributed by atoms with Gasteiger partial charge in [-0.1, -0.05) is 12.1 Å². The SMILES string of the molecule is COCCOC(=O)OC1=C(C)NC(C)=C(c2nnco2)C1c1cccc(OC)c1OC. The molecule has 2 aromatic rings. The Morgan fingerprint density at radius 1 is 1.13 bits per heavy atom. The van der Waals surface area contributed by atoms with Crippen molar-refractivity contribution in [3.63, 3.8) is 0 Å². The van der Waals surface area contributed by atoms with Crippen LogP contribution in [-0.4, -0.2) is 50.9 Å². The fourth-order valence-electron chi connectivity index (χ4n) is 3.45.